The third-order valence-corrected chi connectivity index (χ3v) is 4.38. The van der Waals surface area contributed by atoms with Gasteiger partial charge in [0.1, 0.15) is 4.88 Å². The van der Waals surface area contributed by atoms with E-state index in [1.54, 1.807) is 0 Å². The van der Waals surface area contributed by atoms with E-state index >= 15 is 0 Å². The first-order chi connectivity index (χ1) is 12.8. The lowest BCUT2D eigenvalue weighted by atomic mass is 10.1. The smallest absolute Gasteiger partial charge is 0.348 e. The number of rotatable bonds is 6. The first kappa shape index (κ1) is 20.4. The highest BCUT2D eigenvalue weighted by molar-refractivity contribution is 7.17. The number of nitrogens with one attached hydrogen (secondary N) is 1. The van der Waals surface area contributed by atoms with E-state index in [1.165, 1.54) is 44.6 Å². The lowest BCUT2D eigenvalue weighted by Gasteiger charge is -2.09. The minimum absolute atomic E-state index is 0.0425. The van der Waals surface area contributed by atoms with E-state index in [2.05, 4.69) is 14.8 Å². The van der Waals surface area contributed by atoms with Gasteiger partial charge in [0, 0.05) is 5.69 Å². The number of hydrogen-bond acceptors (Lipinski definition) is 8. The third kappa shape index (κ3) is 5.53. The summed E-state index contributed by atoms with van der Waals surface area (Å²) in [6, 6.07) is 6.92. The number of halogens is 1. The monoisotopic (exact) mass is 411 g/mol. The van der Waals surface area contributed by atoms with Crippen molar-refractivity contribution in [2.45, 2.75) is 0 Å². The number of carbonyl (C=O) groups excluding carboxylic acids is 4. The number of ether oxygens (including phenoxy) is 3. The van der Waals surface area contributed by atoms with Crippen molar-refractivity contribution in [1.29, 1.82) is 0 Å². The first-order valence-corrected chi connectivity index (χ1v) is 8.57. The lowest BCUT2D eigenvalue weighted by Crippen LogP contribution is -2.21. The van der Waals surface area contributed by atoms with Gasteiger partial charge in [-0.2, -0.15) is 0 Å². The van der Waals surface area contributed by atoms with Gasteiger partial charge in [0.25, 0.3) is 5.91 Å². The molecular formula is C17H14ClNO7S. The highest BCUT2D eigenvalue weighted by Crippen LogP contribution is 2.22. The maximum atomic E-state index is 12.0. The molecule has 0 unspecified atom stereocenters. The van der Waals surface area contributed by atoms with Crippen LogP contribution in [0.4, 0.5) is 5.69 Å². The third-order valence-electron chi connectivity index (χ3n) is 3.17. The molecule has 8 nitrogen and oxygen atoms in total. The van der Waals surface area contributed by atoms with Crippen LogP contribution in [0.2, 0.25) is 4.34 Å². The molecule has 0 saturated heterocycles. The molecule has 0 fully saturated rings. The molecule has 0 saturated carbocycles. The molecule has 0 aliphatic heterocycles. The molecule has 1 amide bonds. The summed E-state index contributed by atoms with van der Waals surface area (Å²) in [6.45, 7) is -0.565. The lowest BCUT2D eigenvalue weighted by molar-refractivity contribution is -0.119. The van der Waals surface area contributed by atoms with Crippen LogP contribution in [0.5, 0.6) is 0 Å². The Morgan fingerprint density at radius 2 is 1.56 bits per heavy atom. The summed E-state index contributed by atoms with van der Waals surface area (Å²) < 4.78 is 14.5. The van der Waals surface area contributed by atoms with E-state index in [9.17, 15) is 19.2 Å². The normalized spacial score (nSPS) is 10.0. The number of carbonyl (C=O) groups is 4. The molecule has 0 spiro atoms. The Kier molecular flexibility index (Phi) is 6.91. The van der Waals surface area contributed by atoms with Gasteiger partial charge in [-0.1, -0.05) is 11.6 Å². The van der Waals surface area contributed by atoms with E-state index < -0.39 is 30.4 Å². The largest absolute Gasteiger partial charge is 0.465 e. The summed E-state index contributed by atoms with van der Waals surface area (Å²) >= 11 is 6.76. The zero-order chi connectivity index (χ0) is 20.0. The number of esters is 3. The molecule has 0 atom stereocenters. The number of methoxy groups -OCH3 is 2. The average Bonchev–Trinajstić information content (AvgIpc) is 3.10. The van der Waals surface area contributed by atoms with E-state index in [-0.39, 0.29) is 21.7 Å². The molecule has 142 valence electrons. The Bertz CT molecular complexity index is 859. The summed E-state index contributed by atoms with van der Waals surface area (Å²) in [5.41, 5.74) is 0.223. The Morgan fingerprint density at radius 3 is 2.04 bits per heavy atom. The molecule has 1 aromatic carbocycles. The van der Waals surface area contributed by atoms with Gasteiger partial charge in [-0.3, -0.25) is 4.79 Å². The molecule has 1 heterocycles. The van der Waals surface area contributed by atoms with Crippen molar-refractivity contribution < 1.29 is 33.4 Å². The number of thiophene rings is 1. The van der Waals surface area contributed by atoms with Crippen molar-refractivity contribution in [3.05, 3.63) is 50.7 Å². The second-order valence-corrected chi connectivity index (χ2v) is 6.73. The van der Waals surface area contributed by atoms with E-state index in [4.69, 9.17) is 16.3 Å². The van der Waals surface area contributed by atoms with Gasteiger partial charge in [0.05, 0.1) is 29.7 Å². The second-order valence-electron chi connectivity index (χ2n) is 5.01. The van der Waals surface area contributed by atoms with Crippen LogP contribution in [0.1, 0.15) is 30.4 Å². The van der Waals surface area contributed by atoms with Gasteiger partial charge >= 0.3 is 17.9 Å². The molecule has 2 aromatic rings. The van der Waals surface area contributed by atoms with Crippen molar-refractivity contribution in [3.8, 4) is 0 Å². The number of amides is 1. The van der Waals surface area contributed by atoms with Crippen LogP contribution in [-0.2, 0) is 19.0 Å². The van der Waals surface area contributed by atoms with Gasteiger partial charge in [-0.05, 0) is 30.3 Å². The molecule has 0 radical (unpaired) electrons. The molecule has 1 N–H and O–H groups in total. The fourth-order valence-corrected chi connectivity index (χ4v) is 2.93. The standard InChI is InChI=1S/C17H14ClNO7S/c1-24-15(21)9-5-10(16(22)25-2)7-11(6-9)19-14(20)8-26-17(23)12-3-4-13(18)27-12/h3-7H,8H2,1-2H3,(H,19,20). The highest BCUT2D eigenvalue weighted by Gasteiger charge is 2.16. The highest BCUT2D eigenvalue weighted by atomic mass is 35.5. The molecular weight excluding hydrogens is 398 g/mol. The number of anilines is 1. The summed E-state index contributed by atoms with van der Waals surface area (Å²) in [6.07, 6.45) is 0. The van der Waals surface area contributed by atoms with Gasteiger partial charge in [-0.25, -0.2) is 14.4 Å². The zero-order valence-electron chi connectivity index (χ0n) is 14.2. The van der Waals surface area contributed by atoms with Crippen molar-refractivity contribution in [2.75, 3.05) is 26.1 Å². The SMILES string of the molecule is COC(=O)c1cc(NC(=O)COC(=O)c2ccc(Cl)s2)cc(C(=O)OC)c1. The van der Waals surface area contributed by atoms with E-state index in [1.807, 2.05) is 0 Å². The van der Waals surface area contributed by atoms with E-state index in [0.29, 0.717) is 4.34 Å². The van der Waals surface area contributed by atoms with Crippen LogP contribution in [0.3, 0.4) is 0 Å². The van der Waals surface area contributed by atoms with Gasteiger partial charge < -0.3 is 19.5 Å². The minimum atomic E-state index is -0.697. The zero-order valence-corrected chi connectivity index (χ0v) is 15.8. The Labute approximate surface area is 163 Å². The summed E-state index contributed by atoms with van der Waals surface area (Å²) in [5, 5.41) is 2.44. The van der Waals surface area contributed by atoms with Crippen LogP contribution in [0.15, 0.2) is 30.3 Å². The van der Waals surface area contributed by atoms with Crippen molar-refractivity contribution in [1.82, 2.24) is 0 Å². The maximum absolute atomic E-state index is 12.0. The van der Waals surface area contributed by atoms with Crippen LogP contribution in [0.25, 0.3) is 0 Å². The maximum Gasteiger partial charge on any atom is 0.348 e. The Balaban J connectivity index is 2.08. The minimum Gasteiger partial charge on any atom is -0.465 e. The number of benzene rings is 1. The predicted octanol–water partition coefficient (Wildman–Crippen LogP) is 2.77. The molecule has 0 aliphatic rings. The molecule has 0 bridgehead atoms. The van der Waals surface area contributed by atoms with Crippen LogP contribution < -0.4 is 5.32 Å². The molecule has 1 aromatic heterocycles. The fourth-order valence-electron chi connectivity index (χ4n) is 1.99. The molecule has 10 heteroatoms. The summed E-state index contributed by atoms with van der Waals surface area (Å²) in [4.78, 5) is 47.5. The predicted molar refractivity (Wildman–Crippen MR) is 97.4 cm³/mol. The Hall–Kier alpha value is -2.91. The summed E-state index contributed by atoms with van der Waals surface area (Å²) in [5.74, 6) is -2.75. The molecule has 27 heavy (non-hydrogen) atoms. The summed E-state index contributed by atoms with van der Waals surface area (Å²) in [7, 11) is 2.36. The van der Waals surface area contributed by atoms with E-state index in [0.717, 1.165) is 11.3 Å². The molecule has 0 aliphatic carbocycles. The van der Waals surface area contributed by atoms with Crippen LogP contribution >= 0.6 is 22.9 Å². The van der Waals surface area contributed by atoms with Crippen molar-refractivity contribution in [2.24, 2.45) is 0 Å². The fraction of sp³-hybridized carbons (Fsp3) is 0.176. The molecule has 2 rings (SSSR count). The van der Waals surface area contributed by atoms with Gasteiger partial charge in [0.15, 0.2) is 6.61 Å². The topological polar surface area (TPSA) is 108 Å². The second kappa shape index (κ2) is 9.15. The van der Waals surface area contributed by atoms with Crippen LogP contribution in [-0.4, -0.2) is 44.6 Å². The van der Waals surface area contributed by atoms with Gasteiger partial charge in [0.2, 0.25) is 0 Å². The van der Waals surface area contributed by atoms with Crippen molar-refractivity contribution >= 4 is 52.4 Å². The van der Waals surface area contributed by atoms with Gasteiger partial charge in [-0.15, -0.1) is 11.3 Å². The number of hydrogen-bond donors (Lipinski definition) is 1. The van der Waals surface area contributed by atoms with Crippen molar-refractivity contribution in [3.63, 3.8) is 0 Å². The Morgan fingerprint density at radius 1 is 0.963 bits per heavy atom. The average molecular weight is 412 g/mol. The van der Waals surface area contributed by atoms with Crippen LogP contribution in [0, 0.1) is 0 Å². The first-order valence-electron chi connectivity index (χ1n) is 7.38. The quantitative estimate of drug-likeness (QED) is 0.575.